The Balaban J connectivity index is 2.00. The predicted molar refractivity (Wildman–Crippen MR) is 108 cm³/mol. The summed E-state index contributed by atoms with van der Waals surface area (Å²) in [5, 5.41) is 0. The van der Waals surface area contributed by atoms with Crippen molar-refractivity contribution in [2.24, 2.45) is 0 Å². The molecule has 156 valence electrons. The monoisotopic (exact) mass is 417 g/mol. The molecule has 3 fully saturated rings. The minimum Gasteiger partial charge on any atom is -0.395 e. The minimum absolute atomic E-state index is 0.792. The Kier molecular flexibility index (Phi) is 8.03. The zero-order valence-corrected chi connectivity index (χ0v) is 19.0. The van der Waals surface area contributed by atoms with E-state index >= 15 is 0 Å². The number of nitrogens with zero attached hydrogens (tertiary/aromatic N) is 3. The smallest absolute Gasteiger partial charge is 0.360 e. The highest BCUT2D eigenvalue weighted by atomic mass is 28.4. The fraction of sp³-hybridized carbons (Fsp3) is 0.882. The number of hydrogen-bond donors (Lipinski definition) is 0. The van der Waals surface area contributed by atoms with E-state index in [0.29, 0.717) is 0 Å². The van der Waals surface area contributed by atoms with Gasteiger partial charge in [-0.05, 0) is 12.2 Å². The van der Waals surface area contributed by atoms with Gasteiger partial charge in [-0.1, -0.05) is 5.70 Å². The van der Waals surface area contributed by atoms with Gasteiger partial charge in [0.05, 0.1) is 39.6 Å². The van der Waals surface area contributed by atoms with E-state index in [4.69, 9.17) is 23.1 Å². The molecular formula is C17H35N3O5Si2. The first-order valence-electron chi connectivity index (χ1n) is 9.94. The Hall–Kier alpha value is -0.146. The fourth-order valence-corrected chi connectivity index (χ4v) is 11.0. The summed E-state index contributed by atoms with van der Waals surface area (Å²) < 4.78 is 36.6. The van der Waals surface area contributed by atoms with Crippen molar-refractivity contribution in [3.05, 3.63) is 11.4 Å². The Labute approximate surface area is 165 Å². The molecule has 0 aromatic heterocycles. The topological polar surface area (TPSA) is 55.9 Å². The summed E-state index contributed by atoms with van der Waals surface area (Å²) >= 11 is 0. The molecule has 0 bridgehead atoms. The molecule has 3 heterocycles. The second-order valence-electron chi connectivity index (χ2n) is 7.24. The lowest BCUT2D eigenvalue weighted by atomic mass is 10.5. The van der Waals surface area contributed by atoms with Crippen LogP contribution in [0.1, 0.15) is 0 Å². The fourth-order valence-electron chi connectivity index (χ4n) is 4.08. The molecular weight excluding hydrogens is 382 g/mol. The van der Waals surface area contributed by atoms with Crippen molar-refractivity contribution in [1.82, 2.24) is 13.7 Å². The van der Waals surface area contributed by atoms with Crippen molar-refractivity contribution in [3.8, 4) is 0 Å². The van der Waals surface area contributed by atoms with Gasteiger partial charge < -0.3 is 23.1 Å². The summed E-state index contributed by atoms with van der Waals surface area (Å²) in [5.74, 6) is 0. The molecule has 0 spiro atoms. The maximum absolute atomic E-state index is 5.77. The van der Waals surface area contributed by atoms with E-state index in [0.717, 1.165) is 78.9 Å². The summed E-state index contributed by atoms with van der Waals surface area (Å²) in [6.07, 6.45) is 0. The van der Waals surface area contributed by atoms with Crippen LogP contribution in [-0.2, 0) is 23.1 Å². The molecule has 0 N–H and O–H groups in total. The zero-order valence-electron chi connectivity index (χ0n) is 17.0. The van der Waals surface area contributed by atoms with Gasteiger partial charge in [0.15, 0.2) is 0 Å². The van der Waals surface area contributed by atoms with Gasteiger partial charge in [-0.2, -0.15) is 0 Å². The number of ether oxygens (including phenoxy) is 3. The molecule has 0 aliphatic carbocycles. The summed E-state index contributed by atoms with van der Waals surface area (Å²) in [6, 6.07) is 0. The molecule has 3 aliphatic rings. The molecule has 8 nitrogen and oxygen atoms in total. The van der Waals surface area contributed by atoms with Gasteiger partial charge in [0.25, 0.3) is 0 Å². The van der Waals surface area contributed by atoms with Crippen LogP contribution >= 0.6 is 0 Å². The van der Waals surface area contributed by atoms with E-state index in [9.17, 15) is 0 Å². The molecule has 0 radical (unpaired) electrons. The van der Waals surface area contributed by atoms with Gasteiger partial charge >= 0.3 is 17.1 Å². The number of rotatable bonds is 7. The van der Waals surface area contributed by atoms with Gasteiger partial charge in [-0.3, -0.25) is 13.7 Å². The highest BCUT2D eigenvalue weighted by molar-refractivity contribution is 6.80. The average molecular weight is 418 g/mol. The van der Waals surface area contributed by atoms with E-state index in [1.54, 1.807) is 14.2 Å². The van der Waals surface area contributed by atoms with Crippen molar-refractivity contribution < 1.29 is 23.1 Å². The second kappa shape index (κ2) is 10.1. The Bertz CT molecular complexity index is 432. The lowest BCUT2D eigenvalue weighted by Crippen LogP contribution is -2.78. The summed E-state index contributed by atoms with van der Waals surface area (Å²) in [7, 11) is -1.10. The van der Waals surface area contributed by atoms with Crippen LogP contribution in [0.2, 0.25) is 6.55 Å². The highest BCUT2D eigenvalue weighted by Crippen LogP contribution is 2.27. The largest absolute Gasteiger partial charge is 0.395 e. The van der Waals surface area contributed by atoms with Crippen LogP contribution in [0.25, 0.3) is 0 Å². The minimum atomic E-state index is -2.32. The molecule has 3 aliphatic heterocycles. The van der Waals surface area contributed by atoms with Crippen LogP contribution in [0.5, 0.6) is 0 Å². The molecule has 0 aromatic carbocycles. The van der Waals surface area contributed by atoms with Crippen molar-refractivity contribution in [2.45, 2.75) is 6.55 Å². The van der Waals surface area contributed by atoms with Crippen LogP contribution in [-0.4, -0.2) is 124 Å². The number of morpholine rings is 3. The summed E-state index contributed by atoms with van der Waals surface area (Å²) in [5.41, 5.74) is 4.72. The predicted octanol–water partition coefficient (Wildman–Crippen LogP) is -0.0787. The highest BCUT2D eigenvalue weighted by Gasteiger charge is 2.51. The molecule has 0 atom stereocenters. The summed E-state index contributed by atoms with van der Waals surface area (Å²) in [4.78, 5) is 0. The lowest BCUT2D eigenvalue weighted by molar-refractivity contribution is 0.0186. The van der Waals surface area contributed by atoms with Crippen molar-refractivity contribution >= 4 is 17.1 Å². The second-order valence-corrected chi connectivity index (χ2v) is 14.0. The van der Waals surface area contributed by atoms with Crippen LogP contribution in [0, 0.1) is 0 Å². The van der Waals surface area contributed by atoms with Crippen LogP contribution in [0.15, 0.2) is 11.4 Å². The van der Waals surface area contributed by atoms with Gasteiger partial charge in [-0.15, -0.1) is 0 Å². The average Bonchev–Trinajstić information content (AvgIpc) is 2.76. The maximum atomic E-state index is 5.77. The van der Waals surface area contributed by atoms with Crippen molar-refractivity contribution in [2.75, 3.05) is 93.1 Å². The molecule has 3 saturated heterocycles. The van der Waals surface area contributed by atoms with Crippen LogP contribution in [0.4, 0.5) is 0 Å². The van der Waals surface area contributed by atoms with Crippen LogP contribution in [0.3, 0.4) is 0 Å². The van der Waals surface area contributed by atoms with E-state index in [1.807, 2.05) is 0 Å². The lowest BCUT2D eigenvalue weighted by Gasteiger charge is -2.55. The molecule has 3 rings (SSSR count). The molecule has 0 unspecified atom stereocenters. The maximum Gasteiger partial charge on any atom is 0.360 e. The van der Waals surface area contributed by atoms with Crippen molar-refractivity contribution in [3.63, 3.8) is 0 Å². The molecule has 0 aromatic rings. The SMILES string of the molecule is CO[Si](C)(C=C[Si](N1CCOCC1)(N1CCOCC1)N1CCOCC1)OC. The Morgan fingerprint density at radius 2 is 0.963 bits per heavy atom. The van der Waals surface area contributed by atoms with Gasteiger partial charge in [0, 0.05) is 53.5 Å². The third-order valence-electron chi connectivity index (χ3n) is 5.85. The first-order valence-corrected chi connectivity index (χ1v) is 14.2. The van der Waals surface area contributed by atoms with E-state index in [-0.39, 0.29) is 0 Å². The first-order chi connectivity index (χ1) is 13.1. The molecule has 0 saturated carbocycles. The standard InChI is InChI=1S/C17H35N3O5Si2/c1-21-26(3,22-2)16-17-27(18-4-10-23-11-5-18,19-6-12-24-13-7-19)20-8-14-25-15-9-20/h16-17H,4-15H2,1-3H3. The normalized spacial score (nSPS) is 25.3. The molecule has 27 heavy (non-hydrogen) atoms. The first kappa shape index (κ1) is 21.6. The van der Waals surface area contributed by atoms with Gasteiger partial charge in [0.1, 0.15) is 0 Å². The van der Waals surface area contributed by atoms with E-state index in [1.165, 1.54) is 0 Å². The third kappa shape index (κ3) is 4.89. The van der Waals surface area contributed by atoms with Crippen LogP contribution < -0.4 is 0 Å². The van der Waals surface area contributed by atoms with Gasteiger partial charge in [-0.25, -0.2) is 0 Å². The zero-order chi connectivity index (χ0) is 19.2. The van der Waals surface area contributed by atoms with E-state index in [2.05, 4.69) is 31.6 Å². The Morgan fingerprint density at radius 1 is 0.630 bits per heavy atom. The Morgan fingerprint density at radius 3 is 1.26 bits per heavy atom. The third-order valence-corrected chi connectivity index (χ3v) is 13.3. The van der Waals surface area contributed by atoms with E-state index < -0.39 is 17.1 Å². The van der Waals surface area contributed by atoms with Crippen molar-refractivity contribution in [1.29, 1.82) is 0 Å². The molecule has 10 heteroatoms. The quantitative estimate of drug-likeness (QED) is 0.533. The summed E-state index contributed by atoms with van der Waals surface area (Å²) in [6.45, 7) is 12.6. The molecule has 0 amide bonds. The number of hydrogen-bond acceptors (Lipinski definition) is 8. The van der Waals surface area contributed by atoms with Gasteiger partial charge in [0.2, 0.25) is 0 Å².